The number of esters is 1. The Balaban J connectivity index is 1.67. The molecule has 9 heteroatoms. The van der Waals surface area contributed by atoms with E-state index >= 15 is 0 Å². The molecule has 4 rings (SSSR count). The van der Waals surface area contributed by atoms with Crippen LogP contribution in [0.15, 0.2) is 30.5 Å². The van der Waals surface area contributed by atoms with Gasteiger partial charge in [0.15, 0.2) is 0 Å². The predicted octanol–water partition coefficient (Wildman–Crippen LogP) is 3.00. The molecule has 200 valence electrons. The molecule has 0 bridgehead atoms. The van der Waals surface area contributed by atoms with Crippen molar-refractivity contribution in [3.8, 4) is 0 Å². The highest BCUT2D eigenvalue weighted by Gasteiger charge is 2.40. The minimum absolute atomic E-state index is 0.0113. The van der Waals surface area contributed by atoms with E-state index in [2.05, 4.69) is 4.98 Å². The van der Waals surface area contributed by atoms with Gasteiger partial charge in [0, 0.05) is 24.7 Å². The molecule has 9 nitrogen and oxygen atoms in total. The van der Waals surface area contributed by atoms with Gasteiger partial charge in [-0.2, -0.15) is 0 Å². The maximum Gasteiger partial charge on any atom is 0.320 e. The number of primary amides is 1. The fraction of sp³-hybridized carbons (Fsp3) is 0.571. The van der Waals surface area contributed by atoms with E-state index in [9.17, 15) is 14.4 Å². The molecule has 1 saturated heterocycles. The van der Waals surface area contributed by atoms with Crippen molar-refractivity contribution in [3.05, 3.63) is 36.0 Å². The summed E-state index contributed by atoms with van der Waals surface area (Å²) < 4.78 is 5.30. The highest BCUT2D eigenvalue weighted by atomic mass is 16.5. The Hall–Kier alpha value is -3.20. The Bertz CT molecular complexity index is 1120. The van der Waals surface area contributed by atoms with Crippen LogP contribution in [-0.4, -0.2) is 64.3 Å². The lowest BCUT2D eigenvalue weighted by Crippen LogP contribution is -2.54. The van der Waals surface area contributed by atoms with Crippen LogP contribution in [0, 0.1) is 5.92 Å². The Morgan fingerprint density at radius 3 is 2.65 bits per heavy atom. The SMILES string of the molecule is CCOC(=O)CN(Cc1ccc2c(N)nccc2c1)[C@H](CC1CCCCC1)C(=O)N1CCC[C@H]1C(N)=O. The van der Waals surface area contributed by atoms with Crippen molar-refractivity contribution in [3.63, 3.8) is 0 Å². The smallest absolute Gasteiger partial charge is 0.320 e. The van der Waals surface area contributed by atoms with Gasteiger partial charge < -0.3 is 21.1 Å². The summed E-state index contributed by atoms with van der Waals surface area (Å²) in [6.07, 6.45) is 9.29. The van der Waals surface area contributed by atoms with Crippen LogP contribution >= 0.6 is 0 Å². The molecule has 1 aliphatic heterocycles. The zero-order valence-corrected chi connectivity index (χ0v) is 21.7. The maximum absolute atomic E-state index is 14.1. The summed E-state index contributed by atoms with van der Waals surface area (Å²) in [6.45, 7) is 2.92. The van der Waals surface area contributed by atoms with Crippen molar-refractivity contribution in [1.29, 1.82) is 0 Å². The highest BCUT2D eigenvalue weighted by molar-refractivity contribution is 5.91. The van der Waals surface area contributed by atoms with Crippen molar-refractivity contribution < 1.29 is 19.1 Å². The van der Waals surface area contributed by atoms with Gasteiger partial charge in [0.2, 0.25) is 11.8 Å². The molecule has 1 aromatic carbocycles. The minimum Gasteiger partial charge on any atom is -0.465 e. The van der Waals surface area contributed by atoms with Crippen LogP contribution in [-0.2, 0) is 25.7 Å². The molecular weight excluding hydrogens is 470 g/mol. The zero-order valence-electron chi connectivity index (χ0n) is 21.7. The standard InChI is InChI=1S/C28H39N5O4/c1-2-37-25(34)18-32(17-20-10-11-22-21(15-20)12-13-31-26(22)29)24(16-19-7-4-3-5-8-19)28(36)33-14-6-9-23(33)27(30)35/h10-13,15,19,23-24H,2-9,14,16-18H2,1H3,(H2,29,31)(H2,30,35)/t23-,24+/m0/s1. The lowest BCUT2D eigenvalue weighted by atomic mass is 9.84. The molecule has 2 fully saturated rings. The number of benzene rings is 1. The number of carbonyl (C=O) groups is 3. The summed E-state index contributed by atoms with van der Waals surface area (Å²) >= 11 is 0. The number of likely N-dealkylation sites (tertiary alicyclic amines) is 1. The minimum atomic E-state index is -0.595. The van der Waals surface area contributed by atoms with Crippen LogP contribution in [0.4, 0.5) is 5.82 Å². The van der Waals surface area contributed by atoms with Crippen LogP contribution in [0.3, 0.4) is 0 Å². The number of ether oxygens (including phenoxy) is 1. The molecule has 2 amide bonds. The van der Waals surface area contributed by atoms with Crippen molar-refractivity contribution in [1.82, 2.24) is 14.8 Å². The molecule has 1 saturated carbocycles. The maximum atomic E-state index is 14.1. The first-order chi connectivity index (χ1) is 17.9. The van der Waals surface area contributed by atoms with E-state index in [0.29, 0.717) is 37.7 Å². The molecule has 0 unspecified atom stereocenters. The zero-order chi connectivity index (χ0) is 26.4. The number of pyridine rings is 1. The van der Waals surface area contributed by atoms with E-state index in [1.165, 1.54) is 6.42 Å². The Morgan fingerprint density at radius 2 is 1.92 bits per heavy atom. The number of anilines is 1. The summed E-state index contributed by atoms with van der Waals surface area (Å²) in [5, 5.41) is 1.81. The van der Waals surface area contributed by atoms with Crippen LogP contribution in [0.2, 0.25) is 0 Å². The Morgan fingerprint density at radius 1 is 1.14 bits per heavy atom. The molecule has 1 aliphatic carbocycles. The number of hydrogen-bond acceptors (Lipinski definition) is 7. The average molecular weight is 510 g/mol. The number of amides is 2. The monoisotopic (exact) mass is 509 g/mol. The van der Waals surface area contributed by atoms with Gasteiger partial charge in [-0.3, -0.25) is 19.3 Å². The van der Waals surface area contributed by atoms with Gasteiger partial charge in [0.05, 0.1) is 19.2 Å². The summed E-state index contributed by atoms with van der Waals surface area (Å²) in [5.41, 5.74) is 12.7. The number of hydrogen-bond donors (Lipinski definition) is 2. The molecule has 37 heavy (non-hydrogen) atoms. The third-order valence-corrected chi connectivity index (χ3v) is 7.75. The van der Waals surface area contributed by atoms with Crippen LogP contribution in [0.1, 0.15) is 63.9 Å². The van der Waals surface area contributed by atoms with Crippen molar-refractivity contribution in [2.24, 2.45) is 11.7 Å². The fourth-order valence-electron chi connectivity index (χ4n) is 5.89. The molecule has 0 radical (unpaired) electrons. The van der Waals surface area contributed by atoms with Crippen LogP contribution in [0.25, 0.3) is 10.8 Å². The molecule has 2 aromatic rings. The average Bonchev–Trinajstić information content (AvgIpc) is 3.38. The van der Waals surface area contributed by atoms with Crippen LogP contribution in [0.5, 0.6) is 0 Å². The van der Waals surface area contributed by atoms with E-state index in [4.69, 9.17) is 16.2 Å². The molecule has 0 spiro atoms. The molecule has 1 aromatic heterocycles. The fourth-order valence-corrected chi connectivity index (χ4v) is 5.89. The summed E-state index contributed by atoms with van der Waals surface area (Å²) in [4.78, 5) is 46.6. The molecule has 2 heterocycles. The summed E-state index contributed by atoms with van der Waals surface area (Å²) in [6, 6.07) is 6.67. The number of nitrogens with two attached hydrogens (primary N) is 2. The third-order valence-electron chi connectivity index (χ3n) is 7.75. The number of nitrogen functional groups attached to an aromatic ring is 1. The molecule has 4 N–H and O–H groups in total. The quantitative estimate of drug-likeness (QED) is 0.471. The van der Waals surface area contributed by atoms with Crippen molar-refractivity contribution in [2.75, 3.05) is 25.4 Å². The first-order valence-corrected chi connectivity index (χ1v) is 13.5. The van der Waals surface area contributed by atoms with Crippen molar-refractivity contribution >= 4 is 34.4 Å². The van der Waals surface area contributed by atoms with Gasteiger partial charge in [-0.05, 0) is 55.2 Å². The Kier molecular flexibility index (Phi) is 8.97. The number of fused-ring (bicyclic) bond motifs is 1. The number of rotatable bonds is 10. The van der Waals surface area contributed by atoms with E-state index < -0.39 is 18.0 Å². The van der Waals surface area contributed by atoms with E-state index in [1.54, 1.807) is 18.0 Å². The van der Waals surface area contributed by atoms with Gasteiger partial charge >= 0.3 is 5.97 Å². The topological polar surface area (TPSA) is 132 Å². The van der Waals surface area contributed by atoms with Crippen LogP contribution < -0.4 is 11.5 Å². The molecule has 2 aliphatic rings. The van der Waals surface area contributed by atoms with E-state index in [-0.39, 0.29) is 25.0 Å². The second-order valence-corrected chi connectivity index (χ2v) is 10.3. The van der Waals surface area contributed by atoms with Crippen molar-refractivity contribution in [2.45, 2.75) is 76.9 Å². The lowest BCUT2D eigenvalue weighted by molar-refractivity contribution is -0.149. The molecule has 2 atom stereocenters. The second kappa shape index (κ2) is 12.4. The summed E-state index contributed by atoms with van der Waals surface area (Å²) in [5.74, 6) is -0.106. The lowest BCUT2D eigenvalue weighted by Gasteiger charge is -2.37. The molecular formula is C28H39N5O4. The van der Waals surface area contributed by atoms with Gasteiger partial charge in [-0.25, -0.2) is 4.98 Å². The summed E-state index contributed by atoms with van der Waals surface area (Å²) in [7, 11) is 0. The normalized spacial score (nSPS) is 19.3. The first kappa shape index (κ1) is 26.9. The predicted molar refractivity (Wildman–Crippen MR) is 142 cm³/mol. The third kappa shape index (κ3) is 6.57. The number of aromatic nitrogens is 1. The number of nitrogens with zero attached hydrogens (tertiary/aromatic N) is 3. The van der Waals surface area contributed by atoms with Gasteiger partial charge in [-0.1, -0.05) is 44.2 Å². The largest absolute Gasteiger partial charge is 0.465 e. The van der Waals surface area contributed by atoms with E-state index in [0.717, 1.165) is 48.4 Å². The van der Waals surface area contributed by atoms with Gasteiger partial charge in [-0.15, -0.1) is 0 Å². The highest BCUT2D eigenvalue weighted by Crippen LogP contribution is 2.31. The number of carbonyl (C=O) groups excluding carboxylic acids is 3. The second-order valence-electron chi connectivity index (χ2n) is 10.3. The van der Waals surface area contributed by atoms with Gasteiger partial charge in [0.1, 0.15) is 11.9 Å². The van der Waals surface area contributed by atoms with E-state index in [1.807, 2.05) is 29.2 Å². The first-order valence-electron chi connectivity index (χ1n) is 13.5. The van der Waals surface area contributed by atoms with Gasteiger partial charge in [0.25, 0.3) is 0 Å². The Labute approximate surface area is 218 Å².